The second kappa shape index (κ2) is 3.76. The Balaban J connectivity index is 1.99. The van der Waals surface area contributed by atoms with E-state index in [0.717, 1.165) is 16.9 Å². The lowest BCUT2D eigenvalue weighted by molar-refractivity contribution is 0.663. The number of hydrogen-bond donors (Lipinski definition) is 1. The first-order chi connectivity index (χ1) is 8.35. The van der Waals surface area contributed by atoms with Crippen LogP contribution in [-0.2, 0) is 6.54 Å². The summed E-state index contributed by atoms with van der Waals surface area (Å²) in [4.78, 5) is 7.62. The quantitative estimate of drug-likeness (QED) is 0.718. The monoisotopic (exact) mass is 223 g/mol. The number of hydrogen-bond acceptors (Lipinski definition) is 3. The molecular weight excluding hydrogens is 214 g/mol. The summed E-state index contributed by atoms with van der Waals surface area (Å²) in [6, 6.07) is 9.39. The zero-order valence-electron chi connectivity index (χ0n) is 8.96. The van der Waals surface area contributed by atoms with Gasteiger partial charge in [0.2, 0.25) is 0 Å². The second-order valence-corrected chi connectivity index (χ2v) is 3.73. The van der Waals surface area contributed by atoms with Crippen LogP contribution in [0.3, 0.4) is 0 Å². The van der Waals surface area contributed by atoms with E-state index in [2.05, 4.69) is 21.1 Å². The Kier molecular flexibility index (Phi) is 2.12. The fourth-order valence-corrected chi connectivity index (χ4v) is 1.75. The number of imidazole rings is 1. The van der Waals surface area contributed by atoms with Crippen LogP contribution in [0, 0.1) is 11.3 Å². The average molecular weight is 223 g/mol. The molecule has 0 aliphatic carbocycles. The molecule has 0 spiro atoms. The van der Waals surface area contributed by atoms with E-state index in [4.69, 9.17) is 5.26 Å². The van der Waals surface area contributed by atoms with Crippen molar-refractivity contribution < 1.29 is 0 Å². The number of benzene rings is 1. The van der Waals surface area contributed by atoms with Crippen LogP contribution < -0.4 is 0 Å². The highest BCUT2D eigenvalue weighted by Gasteiger charge is 2.04. The SMILES string of the molecule is N#Cc1ccc2nc(Cn3cccn3)[nH]c2c1. The lowest BCUT2D eigenvalue weighted by Crippen LogP contribution is -2.01. The van der Waals surface area contributed by atoms with E-state index >= 15 is 0 Å². The molecule has 5 nitrogen and oxygen atoms in total. The number of aromatic amines is 1. The maximum absolute atomic E-state index is 8.81. The van der Waals surface area contributed by atoms with Crippen molar-refractivity contribution in [2.75, 3.05) is 0 Å². The molecule has 17 heavy (non-hydrogen) atoms. The van der Waals surface area contributed by atoms with Gasteiger partial charge >= 0.3 is 0 Å². The molecule has 1 aromatic carbocycles. The maximum atomic E-state index is 8.81. The second-order valence-electron chi connectivity index (χ2n) is 3.73. The first-order valence-corrected chi connectivity index (χ1v) is 5.21. The Labute approximate surface area is 97.3 Å². The van der Waals surface area contributed by atoms with Gasteiger partial charge in [0.15, 0.2) is 0 Å². The predicted octanol–water partition coefficient (Wildman–Crippen LogP) is 1.68. The molecule has 0 bridgehead atoms. The molecule has 0 amide bonds. The van der Waals surface area contributed by atoms with Crippen molar-refractivity contribution in [3.8, 4) is 6.07 Å². The zero-order valence-corrected chi connectivity index (χ0v) is 8.96. The van der Waals surface area contributed by atoms with Crippen LogP contribution >= 0.6 is 0 Å². The molecule has 2 heterocycles. The number of aromatic nitrogens is 4. The van der Waals surface area contributed by atoms with Crippen LogP contribution in [0.15, 0.2) is 36.7 Å². The molecule has 0 atom stereocenters. The van der Waals surface area contributed by atoms with Gasteiger partial charge in [-0.1, -0.05) is 0 Å². The molecule has 2 aromatic heterocycles. The summed E-state index contributed by atoms with van der Waals surface area (Å²) in [6.07, 6.45) is 3.62. The number of nitrogens with one attached hydrogen (secondary N) is 1. The first-order valence-electron chi connectivity index (χ1n) is 5.21. The summed E-state index contributed by atoms with van der Waals surface area (Å²) in [5.41, 5.74) is 2.38. The molecule has 3 rings (SSSR count). The molecule has 0 saturated heterocycles. The molecule has 0 unspecified atom stereocenters. The highest BCUT2D eigenvalue weighted by Crippen LogP contribution is 2.13. The lowest BCUT2D eigenvalue weighted by Gasteiger charge is -1.95. The largest absolute Gasteiger partial charge is 0.340 e. The molecule has 5 heteroatoms. The number of rotatable bonds is 2. The Hall–Kier alpha value is -2.61. The van der Waals surface area contributed by atoms with Gasteiger partial charge in [-0.2, -0.15) is 10.4 Å². The van der Waals surface area contributed by atoms with E-state index < -0.39 is 0 Å². The van der Waals surface area contributed by atoms with Crippen molar-refractivity contribution in [1.29, 1.82) is 5.26 Å². The van der Waals surface area contributed by atoms with Crippen LogP contribution in [0.1, 0.15) is 11.4 Å². The fourth-order valence-electron chi connectivity index (χ4n) is 1.75. The Morgan fingerprint density at radius 2 is 2.35 bits per heavy atom. The summed E-state index contributed by atoms with van der Waals surface area (Å²) >= 11 is 0. The molecule has 0 saturated carbocycles. The Morgan fingerprint density at radius 3 is 3.12 bits per heavy atom. The molecule has 0 radical (unpaired) electrons. The minimum atomic E-state index is 0.601. The van der Waals surface area contributed by atoms with Crippen LogP contribution in [0.5, 0.6) is 0 Å². The van der Waals surface area contributed by atoms with Gasteiger partial charge in [-0.25, -0.2) is 4.98 Å². The third-order valence-electron chi connectivity index (χ3n) is 2.53. The summed E-state index contributed by atoms with van der Waals surface area (Å²) in [5.74, 6) is 0.832. The number of H-pyrrole nitrogens is 1. The molecule has 1 N–H and O–H groups in total. The third-order valence-corrected chi connectivity index (χ3v) is 2.53. The van der Waals surface area contributed by atoms with Crippen molar-refractivity contribution in [3.63, 3.8) is 0 Å². The summed E-state index contributed by atoms with van der Waals surface area (Å²) < 4.78 is 1.79. The van der Waals surface area contributed by atoms with Gasteiger partial charge in [-0.05, 0) is 24.3 Å². The van der Waals surface area contributed by atoms with E-state index in [0.29, 0.717) is 12.1 Å². The summed E-state index contributed by atoms with van der Waals surface area (Å²) in [5, 5.41) is 12.9. The average Bonchev–Trinajstić information content (AvgIpc) is 2.96. The topological polar surface area (TPSA) is 70.3 Å². The van der Waals surface area contributed by atoms with Gasteiger partial charge in [0.1, 0.15) is 5.82 Å². The van der Waals surface area contributed by atoms with Gasteiger partial charge in [0.25, 0.3) is 0 Å². The molecule has 0 aliphatic rings. The summed E-state index contributed by atoms with van der Waals surface area (Å²) in [6.45, 7) is 0.601. The van der Waals surface area contributed by atoms with Crippen molar-refractivity contribution in [2.24, 2.45) is 0 Å². The standard InChI is InChI=1S/C12H9N5/c13-7-9-2-3-10-11(6-9)16-12(15-10)8-17-5-1-4-14-17/h1-6H,8H2,(H,15,16). The van der Waals surface area contributed by atoms with Gasteiger partial charge < -0.3 is 4.98 Å². The molecule has 0 fully saturated rings. The molecule has 82 valence electrons. The molecule has 0 aliphatic heterocycles. The lowest BCUT2D eigenvalue weighted by atomic mass is 10.2. The minimum Gasteiger partial charge on any atom is -0.340 e. The van der Waals surface area contributed by atoms with E-state index in [-0.39, 0.29) is 0 Å². The van der Waals surface area contributed by atoms with Gasteiger partial charge in [0, 0.05) is 12.4 Å². The molecular formula is C12H9N5. The van der Waals surface area contributed by atoms with Gasteiger partial charge in [-0.3, -0.25) is 4.68 Å². The van der Waals surface area contributed by atoms with Crippen molar-refractivity contribution in [2.45, 2.75) is 6.54 Å². The van der Waals surface area contributed by atoms with E-state index in [1.54, 1.807) is 23.0 Å². The normalized spacial score (nSPS) is 10.5. The maximum Gasteiger partial charge on any atom is 0.129 e. The van der Waals surface area contributed by atoms with Crippen molar-refractivity contribution in [1.82, 2.24) is 19.7 Å². The van der Waals surface area contributed by atoms with Crippen LogP contribution in [0.25, 0.3) is 11.0 Å². The van der Waals surface area contributed by atoms with E-state index in [1.165, 1.54) is 0 Å². The van der Waals surface area contributed by atoms with E-state index in [9.17, 15) is 0 Å². The van der Waals surface area contributed by atoms with Gasteiger partial charge in [-0.15, -0.1) is 0 Å². The predicted molar refractivity (Wildman–Crippen MR) is 62.1 cm³/mol. The smallest absolute Gasteiger partial charge is 0.129 e. The van der Waals surface area contributed by atoms with Crippen LogP contribution in [-0.4, -0.2) is 19.7 Å². The van der Waals surface area contributed by atoms with Gasteiger partial charge in [0.05, 0.1) is 29.2 Å². The van der Waals surface area contributed by atoms with Crippen molar-refractivity contribution >= 4 is 11.0 Å². The Morgan fingerprint density at radius 1 is 1.41 bits per heavy atom. The van der Waals surface area contributed by atoms with Crippen molar-refractivity contribution in [3.05, 3.63) is 48.0 Å². The summed E-state index contributed by atoms with van der Waals surface area (Å²) in [7, 11) is 0. The van der Waals surface area contributed by atoms with Crippen LogP contribution in [0.4, 0.5) is 0 Å². The zero-order chi connectivity index (χ0) is 11.7. The van der Waals surface area contributed by atoms with Crippen LogP contribution in [0.2, 0.25) is 0 Å². The first kappa shape index (κ1) is 9.60. The Bertz CT molecular complexity index is 687. The number of fused-ring (bicyclic) bond motifs is 1. The third kappa shape index (κ3) is 1.76. The van der Waals surface area contributed by atoms with E-state index in [1.807, 2.05) is 18.3 Å². The number of nitrogens with zero attached hydrogens (tertiary/aromatic N) is 4. The molecule has 3 aromatic rings. The number of nitriles is 1. The minimum absolute atomic E-state index is 0.601. The highest BCUT2D eigenvalue weighted by atomic mass is 15.3. The highest BCUT2D eigenvalue weighted by molar-refractivity contribution is 5.76. The fraction of sp³-hybridized carbons (Fsp3) is 0.0833.